The minimum absolute atomic E-state index is 0.367. The number of azo groups is 1. The van der Waals surface area contributed by atoms with Crippen molar-refractivity contribution in [3.05, 3.63) is 24.3 Å². The molecule has 124 valence electrons. The Labute approximate surface area is 141 Å². The standard InChI is InChI=1S/C16H24N6S/c1-11(2)22(12(3)4)16-20-19-15(23-16)18-17-13-7-9-14(10-8-13)21(5)6/h7-12H,1-6H3. The Bertz CT molecular complexity index is 637. The normalized spacial score (nSPS) is 11.7. The van der Waals surface area contributed by atoms with Crippen molar-refractivity contribution in [2.75, 3.05) is 23.9 Å². The first-order valence-electron chi connectivity index (χ1n) is 7.69. The molecule has 0 N–H and O–H groups in total. The van der Waals surface area contributed by atoms with Crippen molar-refractivity contribution >= 4 is 33.0 Å². The Kier molecular flexibility index (Phi) is 5.65. The molecular weight excluding hydrogens is 308 g/mol. The van der Waals surface area contributed by atoms with Gasteiger partial charge in [0.05, 0.1) is 5.69 Å². The lowest BCUT2D eigenvalue weighted by Gasteiger charge is -2.29. The summed E-state index contributed by atoms with van der Waals surface area (Å²) in [6, 6.07) is 8.64. The summed E-state index contributed by atoms with van der Waals surface area (Å²) < 4.78 is 0. The lowest BCUT2D eigenvalue weighted by molar-refractivity contribution is 0.603. The van der Waals surface area contributed by atoms with Gasteiger partial charge in [0.2, 0.25) is 5.13 Å². The highest BCUT2D eigenvalue weighted by Gasteiger charge is 2.18. The van der Waals surface area contributed by atoms with Crippen molar-refractivity contribution in [1.82, 2.24) is 10.2 Å². The molecule has 0 unspecified atom stereocenters. The van der Waals surface area contributed by atoms with Crippen LogP contribution in [-0.4, -0.2) is 36.4 Å². The maximum atomic E-state index is 4.24. The lowest BCUT2D eigenvalue weighted by Crippen LogP contribution is -2.36. The molecule has 6 nitrogen and oxygen atoms in total. The van der Waals surface area contributed by atoms with Gasteiger partial charge < -0.3 is 9.80 Å². The van der Waals surface area contributed by atoms with E-state index in [-0.39, 0.29) is 0 Å². The highest BCUT2D eigenvalue weighted by Crippen LogP contribution is 2.30. The maximum Gasteiger partial charge on any atom is 0.253 e. The molecule has 1 heterocycles. The second-order valence-electron chi connectivity index (χ2n) is 6.07. The van der Waals surface area contributed by atoms with Crippen LogP contribution in [0.25, 0.3) is 0 Å². The van der Waals surface area contributed by atoms with Crippen LogP contribution in [0.5, 0.6) is 0 Å². The van der Waals surface area contributed by atoms with Gasteiger partial charge in [-0.05, 0) is 52.0 Å². The molecule has 23 heavy (non-hydrogen) atoms. The van der Waals surface area contributed by atoms with Crippen LogP contribution in [0.15, 0.2) is 34.5 Å². The maximum absolute atomic E-state index is 4.24. The van der Waals surface area contributed by atoms with Crippen LogP contribution in [0.2, 0.25) is 0 Å². The summed E-state index contributed by atoms with van der Waals surface area (Å²) in [6.45, 7) is 8.59. The van der Waals surface area contributed by atoms with Gasteiger partial charge in [-0.15, -0.1) is 20.4 Å². The predicted molar refractivity (Wildman–Crippen MR) is 97.6 cm³/mol. The molecule has 0 bridgehead atoms. The summed E-state index contributed by atoms with van der Waals surface area (Å²) in [6.07, 6.45) is 0. The largest absolute Gasteiger partial charge is 0.378 e. The highest BCUT2D eigenvalue weighted by atomic mass is 32.1. The molecule has 0 aliphatic heterocycles. The molecule has 0 amide bonds. The molecule has 0 atom stereocenters. The number of benzene rings is 1. The Morgan fingerprint density at radius 1 is 0.913 bits per heavy atom. The van der Waals surface area contributed by atoms with Crippen LogP contribution in [0, 0.1) is 0 Å². The van der Waals surface area contributed by atoms with Gasteiger partial charge in [-0.1, -0.05) is 11.3 Å². The highest BCUT2D eigenvalue weighted by molar-refractivity contribution is 7.18. The smallest absolute Gasteiger partial charge is 0.253 e. The monoisotopic (exact) mass is 332 g/mol. The van der Waals surface area contributed by atoms with Crippen LogP contribution in [0.3, 0.4) is 0 Å². The number of hydrogen-bond donors (Lipinski definition) is 0. The molecule has 0 fully saturated rings. The van der Waals surface area contributed by atoms with Gasteiger partial charge in [0.25, 0.3) is 5.13 Å². The molecule has 0 spiro atoms. The lowest BCUT2D eigenvalue weighted by atomic mass is 10.2. The zero-order valence-electron chi connectivity index (χ0n) is 14.6. The Morgan fingerprint density at radius 2 is 1.52 bits per heavy atom. The van der Waals surface area contributed by atoms with E-state index in [9.17, 15) is 0 Å². The van der Waals surface area contributed by atoms with Gasteiger partial charge in [-0.25, -0.2) is 0 Å². The molecule has 0 radical (unpaired) electrons. The van der Waals surface area contributed by atoms with E-state index in [1.807, 2.05) is 43.3 Å². The van der Waals surface area contributed by atoms with Crippen molar-refractivity contribution in [3.8, 4) is 0 Å². The minimum atomic E-state index is 0.367. The second-order valence-corrected chi connectivity index (χ2v) is 7.01. The third-order valence-electron chi connectivity index (χ3n) is 3.35. The van der Waals surface area contributed by atoms with E-state index in [0.717, 1.165) is 16.5 Å². The molecule has 1 aromatic carbocycles. The van der Waals surface area contributed by atoms with Crippen molar-refractivity contribution in [2.24, 2.45) is 10.2 Å². The molecule has 0 saturated carbocycles. The van der Waals surface area contributed by atoms with Crippen LogP contribution < -0.4 is 9.80 Å². The summed E-state index contributed by atoms with van der Waals surface area (Å²) in [4.78, 5) is 4.27. The first kappa shape index (κ1) is 17.3. The van der Waals surface area contributed by atoms with E-state index in [2.05, 4.69) is 53.0 Å². The van der Waals surface area contributed by atoms with E-state index >= 15 is 0 Å². The van der Waals surface area contributed by atoms with Crippen LogP contribution in [0.4, 0.5) is 21.6 Å². The fourth-order valence-corrected chi connectivity index (χ4v) is 3.24. The van der Waals surface area contributed by atoms with E-state index in [4.69, 9.17) is 0 Å². The van der Waals surface area contributed by atoms with Crippen molar-refractivity contribution < 1.29 is 0 Å². The zero-order valence-corrected chi connectivity index (χ0v) is 15.4. The van der Waals surface area contributed by atoms with Gasteiger partial charge in [0, 0.05) is 31.9 Å². The van der Waals surface area contributed by atoms with Crippen molar-refractivity contribution in [3.63, 3.8) is 0 Å². The molecule has 2 rings (SSSR count). The summed E-state index contributed by atoms with van der Waals surface area (Å²) >= 11 is 1.46. The summed E-state index contributed by atoms with van der Waals surface area (Å²) in [5, 5.41) is 18.3. The number of anilines is 2. The number of hydrogen-bond acceptors (Lipinski definition) is 7. The van der Waals surface area contributed by atoms with Gasteiger partial charge in [0.1, 0.15) is 0 Å². The molecule has 2 aromatic rings. The van der Waals surface area contributed by atoms with Gasteiger partial charge in [-0.2, -0.15) is 0 Å². The fourth-order valence-electron chi connectivity index (χ4n) is 2.31. The molecule has 1 aromatic heterocycles. The Balaban J connectivity index is 2.11. The average Bonchev–Trinajstić information content (AvgIpc) is 2.93. The van der Waals surface area contributed by atoms with Crippen LogP contribution in [0.1, 0.15) is 27.7 Å². The van der Waals surface area contributed by atoms with Crippen molar-refractivity contribution in [1.29, 1.82) is 0 Å². The zero-order chi connectivity index (χ0) is 17.0. The quantitative estimate of drug-likeness (QED) is 0.723. The first-order chi connectivity index (χ1) is 10.9. The summed E-state index contributed by atoms with van der Waals surface area (Å²) in [5.74, 6) is 0. The van der Waals surface area contributed by atoms with E-state index in [0.29, 0.717) is 17.2 Å². The summed E-state index contributed by atoms with van der Waals surface area (Å²) in [7, 11) is 4.02. The van der Waals surface area contributed by atoms with Gasteiger partial charge in [0.15, 0.2) is 0 Å². The summed E-state index contributed by atoms with van der Waals surface area (Å²) in [5.41, 5.74) is 1.93. The first-order valence-corrected chi connectivity index (χ1v) is 8.51. The molecule has 7 heteroatoms. The van der Waals surface area contributed by atoms with E-state index in [1.165, 1.54) is 11.3 Å². The molecule has 0 aliphatic rings. The topological polar surface area (TPSA) is 57.0 Å². The average molecular weight is 332 g/mol. The van der Waals surface area contributed by atoms with Crippen LogP contribution >= 0.6 is 11.3 Å². The molecule has 0 aliphatic carbocycles. The SMILES string of the molecule is CC(C)N(c1nnc(N=Nc2ccc(N(C)C)cc2)s1)C(C)C. The molecule has 0 saturated heterocycles. The minimum Gasteiger partial charge on any atom is -0.378 e. The van der Waals surface area contributed by atoms with Crippen molar-refractivity contribution in [2.45, 2.75) is 39.8 Å². The fraction of sp³-hybridized carbons (Fsp3) is 0.500. The van der Waals surface area contributed by atoms with Gasteiger partial charge >= 0.3 is 0 Å². The Morgan fingerprint density at radius 3 is 2.04 bits per heavy atom. The number of nitrogens with zero attached hydrogens (tertiary/aromatic N) is 6. The van der Waals surface area contributed by atoms with E-state index in [1.54, 1.807) is 0 Å². The third-order valence-corrected chi connectivity index (χ3v) is 4.18. The van der Waals surface area contributed by atoms with Crippen LogP contribution in [-0.2, 0) is 0 Å². The predicted octanol–water partition coefficient (Wildman–Crippen LogP) is 4.64. The Hall–Kier alpha value is -2.02. The number of aromatic nitrogens is 2. The van der Waals surface area contributed by atoms with Gasteiger partial charge in [-0.3, -0.25) is 0 Å². The second kappa shape index (κ2) is 7.50. The third kappa shape index (κ3) is 4.48. The number of rotatable bonds is 6. The van der Waals surface area contributed by atoms with E-state index < -0.39 is 0 Å². The molecular formula is C16H24N6S.